The number of hydrogen-bond donors (Lipinski definition) is 1. The van der Waals surface area contributed by atoms with Crippen LogP contribution in [0.3, 0.4) is 0 Å². The lowest BCUT2D eigenvalue weighted by molar-refractivity contribution is -0.168. The zero-order valence-electron chi connectivity index (χ0n) is 28.8. The van der Waals surface area contributed by atoms with Gasteiger partial charge < -0.3 is 19.0 Å². The highest BCUT2D eigenvalue weighted by molar-refractivity contribution is 5.91. The molecule has 4 rings (SSSR count). The maximum Gasteiger partial charge on any atom is 0.334 e. The second-order valence-corrected chi connectivity index (χ2v) is 15.6. The van der Waals surface area contributed by atoms with E-state index in [1.54, 1.807) is 6.92 Å². The number of esters is 2. The molecule has 246 valence electrons. The second-order valence-electron chi connectivity index (χ2n) is 15.6. The number of ether oxygens (including phenoxy) is 2. The van der Waals surface area contributed by atoms with Crippen LogP contribution < -0.4 is 0 Å². The molecule has 0 radical (unpaired) electrons. The minimum atomic E-state index is -1.27. The molecule has 1 aromatic heterocycles. The third-order valence-corrected chi connectivity index (χ3v) is 8.23. The van der Waals surface area contributed by atoms with E-state index in [1.165, 1.54) is 5.56 Å². The number of aliphatic hydroxyl groups is 1. The van der Waals surface area contributed by atoms with Crippen molar-refractivity contribution >= 4 is 22.9 Å². The van der Waals surface area contributed by atoms with Crippen LogP contribution in [0.5, 0.6) is 0 Å². The minimum Gasteiger partial charge on any atom is -0.461 e. The van der Waals surface area contributed by atoms with Crippen LogP contribution in [0.15, 0.2) is 64.6 Å². The molecule has 3 aromatic rings. The van der Waals surface area contributed by atoms with Gasteiger partial charge in [-0.3, -0.25) is 4.79 Å². The lowest BCUT2D eigenvalue weighted by atomic mass is 9.75. The third kappa shape index (κ3) is 10.1. The summed E-state index contributed by atoms with van der Waals surface area (Å²) in [6, 6.07) is 15.8. The van der Waals surface area contributed by atoms with E-state index >= 15 is 0 Å². The van der Waals surface area contributed by atoms with Gasteiger partial charge in [0, 0.05) is 34.9 Å². The van der Waals surface area contributed by atoms with Crippen LogP contribution in [-0.4, -0.2) is 35.9 Å². The average Bonchev–Trinajstić information content (AvgIpc) is 3.52. The molecule has 0 amide bonds. The topological polar surface area (TPSA) is 86.0 Å². The highest BCUT2D eigenvalue weighted by atomic mass is 16.6. The molecule has 0 spiro atoms. The fourth-order valence-electron chi connectivity index (χ4n) is 6.16. The monoisotopic (exact) mass is 626 g/mol. The second kappa shape index (κ2) is 14.3. The van der Waals surface area contributed by atoms with Crippen molar-refractivity contribution in [1.29, 1.82) is 0 Å². The number of rotatable bonds is 10. The SMILES string of the molecule is Cc1ccc(C#Cc2ccc3oc(C[C@H](C)C(=O)OC[C@]4(CO)C/C(=C\CC(CC(C)(C)C)CC(C)(C)C)C(=O)O4)cc3c2)cc1. The van der Waals surface area contributed by atoms with Crippen molar-refractivity contribution in [2.45, 2.75) is 93.1 Å². The van der Waals surface area contributed by atoms with Gasteiger partial charge in [-0.15, -0.1) is 0 Å². The molecule has 0 saturated carbocycles. The van der Waals surface area contributed by atoms with Crippen molar-refractivity contribution in [1.82, 2.24) is 0 Å². The summed E-state index contributed by atoms with van der Waals surface area (Å²) < 4.78 is 17.3. The van der Waals surface area contributed by atoms with E-state index in [2.05, 4.69) is 53.4 Å². The number of cyclic esters (lactones) is 1. The quantitative estimate of drug-likeness (QED) is 0.138. The zero-order valence-corrected chi connectivity index (χ0v) is 28.8. The molecular weight excluding hydrogens is 576 g/mol. The number of carbonyl (C=O) groups excluding carboxylic acids is 2. The predicted molar refractivity (Wildman–Crippen MR) is 182 cm³/mol. The van der Waals surface area contributed by atoms with Gasteiger partial charge in [-0.1, -0.05) is 84.1 Å². The molecule has 6 nitrogen and oxygen atoms in total. The van der Waals surface area contributed by atoms with Gasteiger partial charge in [0.05, 0.1) is 12.5 Å². The molecule has 1 fully saturated rings. The van der Waals surface area contributed by atoms with Gasteiger partial charge in [0.2, 0.25) is 0 Å². The smallest absolute Gasteiger partial charge is 0.334 e. The van der Waals surface area contributed by atoms with Crippen molar-refractivity contribution in [3.05, 3.63) is 82.6 Å². The Balaban J connectivity index is 1.35. The Hall–Kier alpha value is -3.82. The van der Waals surface area contributed by atoms with Gasteiger partial charge in [-0.2, -0.15) is 0 Å². The van der Waals surface area contributed by atoms with Gasteiger partial charge >= 0.3 is 11.9 Å². The maximum atomic E-state index is 13.0. The van der Waals surface area contributed by atoms with E-state index in [1.807, 2.05) is 61.5 Å². The van der Waals surface area contributed by atoms with Gasteiger partial charge in [0.1, 0.15) is 18.0 Å². The summed E-state index contributed by atoms with van der Waals surface area (Å²) in [5.74, 6) is 6.08. The van der Waals surface area contributed by atoms with Crippen LogP contribution in [-0.2, 0) is 25.5 Å². The Morgan fingerprint density at radius 2 is 1.63 bits per heavy atom. The maximum absolute atomic E-state index is 13.0. The Morgan fingerprint density at radius 3 is 2.26 bits per heavy atom. The van der Waals surface area contributed by atoms with E-state index in [-0.39, 0.29) is 23.9 Å². The number of aryl methyl sites for hydroxylation is 1. The molecule has 46 heavy (non-hydrogen) atoms. The van der Waals surface area contributed by atoms with Crippen LogP contribution in [0.1, 0.15) is 96.6 Å². The highest BCUT2D eigenvalue weighted by Crippen LogP contribution is 2.37. The molecule has 1 saturated heterocycles. The van der Waals surface area contributed by atoms with Gasteiger partial charge in [0.15, 0.2) is 5.60 Å². The number of hydrogen-bond acceptors (Lipinski definition) is 6. The lowest BCUT2D eigenvalue weighted by Crippen LogP contribution is -2.40. The van der Waals surface area contributed by atoms with Crippen molar-refractivity contribution in [2.24, 2.45) is 22.7 Å². The van der Waals surface area contributed by atoms with Gasteiger partial charge in [-0.05, 0) is 79.3 Å². The van der Waals surface area contributed by atoms with Crippen LogP contribution in [0.2, 0.25) is 0 Å². The first-order chi connectivity index (χ1) is 21.5. The zero-order chi connectivity index (χ0) is 33.7. The molecular formula is C40H50O6. The first-order valence-electron chi connectivity index (χ1n) is 16.3. The molecule has 1 aliphatic rings. The molecule has 2 atom stereocenters. The van der Waals surface area contributed by atoms with Gasteiger partial charge in [-0.25, -0.2) is 4.79 Å². The predicted octanol–water partition coefficient (Wildman–Crippen LogP) is 8.35. The third-order valence-electron chi connectivity index (χ3n) is 8.23. The van der Waals surface area contributed by atoms with Crippen LogP contribution >= 0.6 is 0 Å². The highest BCUT2D eigenvalue weighted by Gasteiger charge is 2.45. The van der Waals surface area contributed by atoms with Crippen molar-refractivity contribution in [3.8, 4) is 11.8 Å². The summed E-state index contributed by atoms with van der Waals surface area (Å²) in [5, 5.41) is 11.1. The number of aliphatic hydroxyl groups excluding tert-OH is 1. The summed E-state index contributed by atoms with van der Waals surface area (Å²) in [6.45, 7) is 16.6. The molecule has 2 aromatic carbocycles. The average molecular weight is 627 g/mol. The molecule has 6 heteroatoms. The fourth-order valence-corrected chi connectivity index (χ4v) is 6.16. The number of fused-ring (bicyclic) bond motifs is 1. The normalized spacial score (nSPS) is 18.5. The van der Waals surface area contributed by atoms with E-state index in [9.17, 15) is 14.7 Å². The molecule has 1 aliphatic heterocycles. The Labute approximate surface area is 274 Å². The van der Waals surface area contributed by atoms with E-state index < -0.39 is 30.1 Å². The van der Waals surface area contributed by atoms with Crippen molar-refractivity contribution in [2.75, 3.05) is 13.2 Å². The number of furan rings is 1. The summed E-state index contributed by atoms with van der Waals surface area (Å²) in [6.07, 6.45) is 5.36. The summed E-state index contributed by atoms with van der Waals surface area (Å²) in [7, 11) is 0. The molecule has 0 bridgehead atoms. The summed E-state index contributed by atoms with van der Waals surface area (Å²) in [5.41, 5.74) is 3.36. The van der Waals surface area contributed by atoms with Crippen LogP contribution in [0, 0.1) is 41.4 Å². The number of carbonyl (C=O) groups is 2. The van der Waals surface area contributed by atoms with Crippen molar-refractivity contribution < 1.29 is 28.6 Å². The lowest BCUT2D eigenvalue weighted by Gasteiger charge is -2.30. The standard InChI is InChI=1S/C40H50O6/c1-27-9-11-29(12-10-27)13-14-30-16-18-35-33(20-30)21-34(45-35)19-28(2)36(42)44-26-40(25-41)24-32(37(43)46-40)17-15-31(22-38(3,4)5)23-39(6,7)8/h9-12,16-18,20-21,28,31,41H,15,19,22-26H2,1-8H3/b32-17+/t28-,40+/m0/s1. The van der Waals surface area contributed by atoms with E-state index in [0.29, 0.717) is 23.7 Å². The molecule has 1 N–H and O–H groups in total. The van der Waals surface area contributed by atoms with E-state index in [4.69, 9.17) is 13.9 Å². The molecule has 2 heterocycles. The number of benzene rings is 2. The van der Waals surface area contributed by atoms with Gasteiger partial charge in [0.25, 0.3) is 0 Å². The Kier molecular flexibility index (Phi) is 10.9. The van der Waals surface area contributed by atoms with Crippen LogP contribution in [0.4, 0.5) is 0 Å². The van der Waals surface area contributed by atoms with E-state index in [0.717, 1.165) is 41.4 Å². The first-order valence-corrected chi connectivity index (χ1v) is 16.3. The minimum absolute atomic E-state index is 0.173. The summed E-state index contributed by atoms with van der Waals surface area (Å²) >= 11 is 0. The van der Waals surface area contributed by atoms with Crippen LogP contribution in [0.25, 0.3) is 11.0 Å². The van der Waals surface area contributed by atoms with Crippen molar-refractivity contribution in [3.63, 3.8) is 0 Å². The summed E-state index contributed by atoms with van der Waals surface area (Å²) in [4.78, 5) is 25.8. The molecule has 0 unspecified atom stereocenters. The number of allylic oxidation sites excluding steroid dienone is 1. The fraction of sp³-hybridized carbons (Fsp3) is 0.500. The first kappa shape index (κ1) is 35.0. The Morgan fingerprint density at radius 1 is 1.00 bits per heavy atom. The molecule has 0 aliphatic carbocycles. The largest absolute Gasteiger partial charge is 0.461 e. The Bertz CT molecular complexity index is 1600.